The van der Waals surface area contributed by atoms with Crippen LogP contribution in [0.25, 0.3) is 0 Å². The quantitative estimate of drug-likeness (QED) is 0.801. The van der Waals surface area contributed by atoms with Crippen LogP contribution in [0.2, 0.25) is 0 Å². The Kier molecular flexibility index (Phi) is 3.44. The van der Waals surface area contributed by atoms with Crippen molar-refractivity contribution in [2.75, 3.05) is 0 Å². The van der Waals surface area contributed by atoms with Crippen LogP contribution in [0.4, 0.5) is 4.79 Å². The summed E-state index contributed by atoms with van der Waals surface area (Å²) in [4.78, 5) is 11.5. The summed E-state index contributed by atoms with van der Waals surface area (Å²) < 4.78 is 5.61. The van der Waals surface area contributed by atoms with Gasteiger partial charge in [-0.2, -0.15) is 0 Å². The van der Waals surface area contributed by atoms with Gasteiger partial charge in [-0.15, -0.1) is 0 Å². The Hall–Kier alpha value is -1.51. The molecular formula is C20H26O3. The van der Waals surface area contributed by atoms with Crippen molar-refractivity contribution in [1.82, 2.24) is 0 Å². The van der Waals surface area contributed by atoms with E-state index >= 15 is 0 Å². The summed E-state index contributed by atoms with van der Waals surface area (Å²) in [7, 11) is 0. The summed E-state index contributed by atoms with van der Waals surface area (Å²) in [6.07, 6.45) is 5.32. The largest absolute Gasteiger partial charge is 0.506 e. The number of hydrogen-bond donors (Lipinski definition) is 1. The van der Waals surface area contributed by atoms with E-state index in [0.717, 1.165) is 17.4 Å². The van der Waals surface area contributed by atoms with Crippen LogP contribution in [-0.4, -0.2) is 11.3 Å². The van der Waals surface area contributed by atoms with Gasteiger partial charge in [-0.3, -0.25) is 0 Å². The second-order valence-corrected chi connectivity index (χ2v) is 8.30. The summed E-state index contributed by atoms with van der Waals surface area (Å²) in [5.41, 5.74) is 1.49. The highest BCUT2D eigenvalue weighted by Gasteiger charge is 2.56. The third-order valence-corrected chi connectivity index (χ3v) is 6.79. The molecule has 4 aliphatic rings. The van der Waals surface area contributed by atoms with Crippen LogP contribution < -0.4 is 0 Å². The van der Waals surface area contributed by atoms with Crippen molar-refractivity contribution in [2.24, 2.45) is 29.6 Å². The molecule has 4 saturated carbocycles. The zero-order valence-electron chi connectivity index (χ0n) is 14.0. The maximum absolute atomic E-state index is 11.5. The molecule has 0 heterocycles. The highest BCUT2D eigenvalue weighted by Crippen LogP contribution is 2.61. The van der Waals surface area contributed by atoms with Gasteiger partial charge in [0.25, 0.3) is 0 Å². The summed E-state index contributed by atoms with van der Waals surface area (Å²) in [6, 6.07) is 8.25. The maximum Gasteiger partial charge on any atom is 0.506 e. The zero-order valence-corrected chi connectivity index (χ0v) is 14.0. The Morgan fingerprint density at radius 3 is 2.04 bits per heavy atom. The fraction of sp³-hybridized carbons (Fsp3) is 0.650. The average molecular weight is 314 g/mol. The van der Waals surface area contributed by atoms with Crippen molar-refractivity contribution in [3.63, 3.8) is 0 Å². The Labute approximate surface area is 138 Å². The first kappa shape index (κ1) is 15.0. The fourth-order valence-electron chi connectivity index (χ4n) is 6.21. The van der Waals surface area contributed by atoms with Crippen molar-refractivity contribution in [3.8, 4) is 0 Å². The van der Waals surface area contributed by atoms with Gasteiger partial charge < -0.3 is 9.84 Å². The van der Waals surface area contributed by atoms with Gasteiger partial charge in [0.05, 0.1) is 0 Å². The van der Waals surface area contributed by atoms with E-state index in [2.05, 4.69) is 31.2 Å². The van der Waals surface area contributed by atoms with Crippen molar-refractivity contribution in [3.05, 3.63) is 35.4 Å². The van der Waals surface area contributed by atoms with Crippen LogP contribution >= 0.6 is 0 Å². The second-order valence-electron chi connectivity index (χ2n) is 8.30. The topological polar surface area (TPSA) is 46.5 Å². The minimum Gasteiger partial charge on any atom is -0.450 e. The SMILES string of the molecule is Cc1ccc(C(C)(OC(=O)O)C2C3CC4CC(C3)CC2C4)cc1. The number of carboxylic acid groups (broad SMARTS) is 1. The Morgan fingerprint density at radius 1 is 1.04 bits per heavy atom. The normalized spacial score (nSPS) is 37.4. The van der Waals surface area contributed by atoms with Crippen LogP contribution in [0.5, 0.6) is 0 Å². The maximum atomic E-state index is 11.5. The van der Waals surface area contributed by atoms with Crippen molar-refractivity contribution >= 4 is 6.16 Å². The molecule has 1 aromatic carbocycles. The molecule has 0 saturated heterocycles. The van der Waals surface area contributed by atoms with Crippen LogP contribution in [0.1, 0.15) is 50.2 Å². The summed E-state index contributed by atoms with van der Waals surface area (Å²) >= 11 is 0. The number of carbonyl (C=O) groups is 1. The van der Waals surface area contributed by atoms with Gasteiger partial charge in [-0.25, -0.2) is 4.79 Å². The molecule has 4 aliphatic carbocycles. The lowest BCUT2D eigenvalue weighted by Gasteiger charge is -2.58. The number of ether oxygens (including phenoxy) is 1. The highest BCUT2D eigenvalue weighted by molar-refractivity contribution is 5.58. The minimum atomic E-state index is -1.15. The number of hydrogen-bond acceptors (Lipinski definition) is 2. The molecule has 3 nitrogen and oxygen atoms in total. The third kappa shape index (κ3) is 2.45. The molecule has 4 fully saturated rings. The average Bonchev–Trinajstić information content (AvgIpc) is 2.45. The molecular weight excluding hydrogens is 288 g/mol. The molecule has 0 aliphatic heterocycles. The van der Waals surface area contributed by atoms with E-state index < -0.39 is 11.8 Å². The first-order valence-corrected chi connectivity index (χ1v) is 8.95. The lowest BCUT2D eigenvalue weighted by molar-refractivity contribution is -0.148. The highest BCUT2D eigenvalue weighted by atomic mass is 16.7. The smallest absolute Gasteiger partial charge is 0.450 e. The third-order valence-electron chi connectivity index (χ3n) is 6.79. The first-order valence-electron chi connectivity index (χ1n) is 8.95. The lowest BCUT2D eigenvalue weighted by atomic mass is 9.48. The minimum absolute atomic E-state index is 0.328. The molecule has 3 heteroatoms. The van der Waals surface area contributed by atoms with E-state index in [9.17, 15) is 9.90 Å². The molecule has 0 amide bonds. The monoisotopic (exact) mass is 314 g/mol. The van der Waals surface area contributed by atoms with Gasteiger partial charge in [0.15, 0.2) is 0 Å². The van der Waals surface area contributed by atoms with Gasteiger partial charge in [-0.05, 0) is 75.2 Å². The van der Waals surface area contributed by atoms with Crippen molar-refractivity contribution < 1.29 is 14.6 Å². The molecule has 4 bridgehead atoms. The standard InChI is InChI=1S/C20H26O3/c1-12-3-5-17(6-4-12)20(2,23-19(21)22)18-15-8-13-7-14(10-15)11-16(18)9-13/h3-6,13-16,18H,7-11H2,1-2H3,(H,21,22). The fourth-order valence-corrected chi connectivity index (χ4v) is 6.21. The summed E-state index contributed by atoms with van der Waals surface area (Å²) in [5, 5.41) is 9.40. The van der Waals surface area contributed by atoms with Gasteiger partial charge in [-0.1, -0.05) is 29.8 Å². The Bertz CT molecular complexity index is 578. The molecule has 23 heavy (non-hydrogen) atoms. The molecule has 0 aromatic heterocycles. The van der Waals surface area contributed by atoms with E-state index in [4.69, 9.17) is 4.74 Å². The van der Waals surface area contributed by atoms with E-state index in [1.807, 2.05) is 6.92 Å². The molecule has 124 valence electrons. The van der Waals surface area contributed by atoms with Crippen LogP contribution in [0.15, 0.2) is 24.3 Å². The van der Waals surface area contributed by atoms with E-state index in [0.29, 0.717) is 17.8 Å². The molecule has 0 spiro atoms. The second kappa shape index (κ2) is 5.25. The number of aryl methyl sites for hydroxylation is 1. The van der Waals surface area contributed by atoms with Crippen LogP contribution in [0.3, 0.4) is 0 Å². The van der Waals surface area contributed by atoms with Gasteiger partial charge >= 0.3 is 6.16 Å². The lowest BCUT2D eigenvalue weighted by Crippen LogP contribution is -2.54. The number of benzene rings is 1. The Balaban J connectivity index is 1.73. The summed E-state index contributed by atoms with van der Waals surface area (Å²) in [6.45, 7) is 4.07. The molecule has 1 N–H and O–H groups in total. The predicted octanol–water partition coefficient (Wildman–Crippen LogP) is 4.98. The van der Waals surface area contributed by atoms with Crippen molar-refractivity contribution in [2.45, 2.75) is 51.6 Å². The van der Waals surface area contributed by atoms with Gasteiger partial charge in [0.1, 0.15) is 5.60 Å². The predicted molar refractivity (Wildman–Crippen MR) is 88.2 cm³/mol. The molecule has 0 radical (unpaired) electrons. The molecule has 1 unspecified atom stereocenters. The van der Waals surface area contributed by atoms with Crippen LogP contribution in [-0.2, 0) is 10.3 Å². The van der Waals surface area contributed by atoms with Gasteiger partial charge in [0, 0.05) is 5.92 Å². The summed E-state index contributed by atoms with van der Waals surface area (Å²) in [5.74, 6) is 3.32. The van der Waals surface area contributed by atoms with Crippen molar-refractivity contribution in [1.29, 1.82) is 0 Å². The van der Waals surface area contributed by atoms with E-state index in [-0.39, 0.29) is 0 Å². The first-order chi connectivity index (χ1) is 11.0. The van der Waals surface area contributed by atoms with E-state index in [1.165, 1.54) is 37.7 Å². The van der Waals surface area contributed by atoms with E-state index in [1.54, 1.807) is 0 Å². The number of rotatable bonds is 3. The molecule has 1 atom stereocenters. The van der Waals surface area contributed by atoms with Crippen LogP contribution in [0, 0.1) is 36.5 Å². The Morgan fingerprint density at radius 2 is 1.57 bits per heavy atom. The molecule has 5 rings (SSSR count). The molecule has 1 aromatic rings. The zero-order chi connectivity index (χ0) is 16.2. The van der Waals surface area contributed by atoms with Gasteiger partial charge in [0.2, 0.25) is 0 Å².